The maximum Gasteiger partial charge on any atom is 0.410 e. The van der Waals surface area contributed by atoms with E-state index in [1.165, 1.54) is 0 Å². The van der Waals surface area contributed by atoms with E-state index < -0.39 is 5.60 Å². The van der Waals surface area contributed by atoms with E-state index in [1.54, 1.807) is 29.3 Å². The summed E-state index contributed by atoms with van der Waals surface area (Å²) in [6, 6.07) is 10.8. The fourth-order valence-corrected chi connectivity index (χ4v) is 7.48. The molecule has 2 aliphatic heterocycles. The second-order valence-electron chi connectivity index (χ2n) is 14.5. The Hall–Kier alpha value is -3.51. The highest BCUT2D eigenvalue weighted by molar-refractivity contribution is 6.31. The van der Waals surface area contributed by atoms with E-state index in [9.17, 15) is 9.59 Å². The second-order valence-corrected chi connectivity index (χ2v) is 14.9. The maximum absolute atomic E-state index is 13.3. The molecule has 43 heavy (non-hydrogen) atoms. The quantitative estimate of drug-likeness (QED) is 0.440. The van der Waals surface area contributed by atoms with Gasteiger partial charge in [0, 0.05) is 60.7 Å². The van der Waals surface area contributed by atoms with Gasteiger partial charge in [0.1, 0.15) is 29.3 Å². The summed E-state index contributed by atoms with van der Waals surface area (Å²) in [5.74, 6) is 1.29. The van der Waals surface area contributed by atoms with Crippen LogP contribution in [0.25, 0.3) is 0 Å². The van der Waals surface area contributed by atoms with Gasteiger partial charge in [0.05, 0.1) is 16.1 Å². The number of nitrogens with one attached hydrogen (secondary N) is 1. The first-order valence-electron chi connectivity index (χ1n) is 14.9. The van der Waals surface area contributed by atoms with Crippen LogP contribution in [-0.2, 0) is 4.74 Å². The molecule has 3 heterocycles. The summed E-state index contributed by atoms with van der Waals surface area (Å²) >= 11 is 6.21. The molecule has 0 radical (unpaired) electrons. The lowest BCUT2D eigenvalue weighted by atomic mass is 9.49. The minimum absolute atomic E-state index is 0.132. The molecule has 1 aromatic carbocycles. The molecule has 5 rings (SSSR count). The lowest BCUT2D eigenvalue weighted by Crippen LogP contribution is -2.74. The number of halogens is 1. The molecular formula is C33H42ClN5O4. The predicted octanol–water partition coefficient (Wildman–Crippen LogP) is 6.06. The Morgan fingerprint density at radius 2 is 1.72 bits per heavy atom. The Morgan fingerprint density at radius 1 is 1.07 bits per heavy atom. The Labute approximate surface area is 259 Å². The summed E-state index contributed by atoms with van der Waals surface area (Å²) in [5, 5.41) is 12.7. The van der Waals surface area contributed by atoms with Crippen molar-refractivity contribution in [3.8, 4) is 11.8 Å². The number of benzene rings is 1. The fourth-order valence-electron chi connectivity index (χ4n) is 7.26. The number of hydrogen-bond donors (Lipinski definition) is 1. The molecule has 1 saturated carbocycles. The van der Waals surface area contributed by atoms with Crippen molar-refractivity contribution in [3.05, 3.63) is 52.7 Å². The summed E-state index contributed by atoms with van der Waals surface area (Å²) in [4.78, 5) is 34.3. The molecule has 3 aliphatic rings. The predicted molar refractivity (Wildman–Crippen MR) is 165 cm³/mol. The number of pyridine rings is 1. The largest absolute Gasteiger partial charge is 0.489 e. The van der Waals surface area contributed by atoms with Crippen molar-refractivity contribution < 1.29 is 19.1 Å². The lowest BCUT2D eigenvalue weighted by Gasteiger charge is -2.63. The normalized spacial score (nSPS) is 23.4. The van der Waals surface area contributed by atoms with E-state index in [2.05, 4.69) is 49.0 Å². The average molecular weight is 608 g/mol. The SMILES string of the molecule is CC(C)(C)OC(=O)N1CC2(CCN(c3ccc(C(=O)NC4C(C)(C)C(Oc5ccc(C#N)c(Cl)c5)C4(C)C)cn3)CC2)C1. The van der Waals surface area contributed by atoms with Crippen molar-refractivity contribution in [2.45, 2.75) is 79.1 Å². The van der Waals surface area contributed by atoms with E-state index in [0.29, 0.717) is 21.9 Å². The number of ether oxygens (including phenoxy) is 2. The molecule has 3 fully saturated rings. The van der Waals surface area contributed by atoms with E-state index in [4.69, 9.17) is 26.3 Å². The molecule has 0 atom stereocenters. The highest BCUT2D eigenvalue weighted by atomic mass is 35.5. The number of piperidine rings is 1. The first-order chi connectivity index (χ1) is 20.0. The van der Waals surface area contributed by atoms with Crippen LogP contribution in [0.4, 0.5) is 10.6 Å². The number of nitrogens with zero attached hydrogens (tertiary/aromatic N) is 4. The Morgan fingerprint density at radius 3 is 2.26 bits per heavy atom. The van der Waals surface area contributed by atoms with E-state index >= 15 is 0 Å². The molecule has 1 spiro atoms. The number of carbonyl (C=O) groups excluding carboxylic acids is 2. The first-order valence-corrected chi connectivity index (χ1v) is 15.3. The zero-order valence-electron chi connectivity index (χ0n) is 26.2. The minimum Gasteiger partial charge on any atom is -0.489 e. The summed E-state index contributed by atoms with van der Waals surface area (Å²) in [7, 11) is 0. The third-order valence-electron chi connectivity index (χ3n) is 9.29. The van der Waals surface area contributed by atoms with Gasteiger partial charge in [-0.2, -0.15) is 5.26 Å². The lowest BCUT2D eigenvalue weighted by molar-refractivity contribution is -0.164. The van der Waals surface area contributed by atoms with Gasteiger partial charge >= 0.3 is 6.09 Å². The van der Waals surface area contributed by atoms with Crippen LogP contribution in [0.2, 0.25) is 5.02 Å². The van der Waals surface area contributed by atoms with E-state index in [0.717, 1.165) is 44.8 Å². The van der Waals surface area contributed by atoms with E-state index in [-0.39, 0.29) is 40.4 Å². The van der Waals surface area contributed by atoms with Crippen molar-refractivity contribution in [1.82, 2.24) is 15.2 Å². The van der Waals surface area contributed by atoms with Crippen molar-refractivity contribution in [1.29, 1.82) is 5.26 Å². The van der Waals surface area contributed by atoms with Gasteiger partial charge in [0.25, 0.3) is 5.91 Å². The number of nitriles is 1. The summed E-state index contributed by atoms with van der Waals surface area (Å²) < 4.78 is 11.8. The maximum atomic E-state index is 13.3. The molecule has 9 nitrogen and oxygen atoms in total. The van der Waals surface area contributed by atoms with Crippen LogP contribution < -0.4 is 15.0 Å². The molecule has 1 aromatic heterocycles. The Kier molecular flexibility index (Phi) is 7.83. The monoisotopic (exact) mass is 607 g/mol. The summed E-state index contributed by atoms with van der Waals surface area (Å²) in [6.45, 7) is 17.2. The average Bonchev–Trinajstić information content (AvgIpc) is 2.92. The third-order valence-corrected chi connectivity index (χ3v) is 9.61. The number of aromatic nitrogens is 1. The second kappa shape index (κ2) is 10.9. The van der Waals surface area contributed by atoms with Gasteiger partial charge < -0.3 is 24.6 Å². The van der Waals surface area contributed by atoms with Gasteiger partial charge in [-0.3, -0.25) is 4.79 Å². The van der Waals surface area contributed by atoms with Gasteiger partial charge in [-0.05, 0) is 57.9 Å². The van der Waals surface area contributed by atoms with Gasteiger partial charge in [0.15, 0.2) is 0 Å². The van der Waals surface area contributed by atoms with Crippen LogP contribution in [0.5, 0.6) is 5.75 Å². The molecule has 2 aromatic rings. The van der Waals surface area contributed by atoms with Crippen LogP contribution in [0.1, 0.15) is 77.2 Å². The first kappa shape index (κ1) is 30.9. The molecule has 10 heteroatoms. The number of carbonyl (C=O) groups is 2. The number of likely N-dealkylation sites (tertiary alicyclic amines) is 1. The third kappa shape index (κ3) is 5.99. The molecular weight excluding hydrogens is 566 g/mol. The number of rotatable bonds is 5. The molecule has 2 amide bonds. The fraction of sp³-hybridized carbons (Fsp3) is 0.576. The minimum atomic E-state index is -0.485. The highest BCUT2D eigenvalue weighted by Gasteiger charge is 2.64. The molecule has 1 N–H and O–H groups in total. The van der Waals surface area contributed by atoms with Gasteiger partial charge in [-0.15, -0.1) is 0 Å². The summed E-state index contributed by atoms with van der Waals surface area (Å²) in [6.07, 6.45) is 3.21. The van der Waals surface area contributed by atoms with Crippen molar-refractivity contribution in [3.63, 3.8) is 0 Å². The van der Waals surface area contributed by atoms with Crippen molar-refractivity contribution in [2.75, 3.05) is 31.1 Å². The zero-order valence-corrected chi connectivity index (χ0v) is 26.9. The van der Waals surface area contributed by atoms with Crippen molar-refractivity contribution in [2.24, 2.45) is 16.2 Å². The number of anilines is 1. The molecule has 0 bridgehead atoms. The molecule has 1 aliphatic carbocycles. The highest BCUT2D eigenvalue weighted by Crippen LogP contribution is 2.55. The van der Waals surface area contributed by atoms with Crippen molar-refractivity contribution >= 4 is 29.4 Å². The van der Waals surface area contributed by atoms with Gasteiger partial charge in [0.2, 0.25) is 0 Å². The standard InChI is InChI=1S/C33H42ClN5O4/c1-30(2,3)43-29(41)39-19-33(20-39)12-14-38(15-13-33)25-11-9-22(18-36-25)26(40)37-27-31(4,5)28(32(27,6)7)42-23-10-8-21(17-35)24(34)16-23/h8-11,16,18,27-28H,12-15,19-20H2,1-7H3,(H,37,40). The zero-order chi connectivity index (χ0) is 31.4. The Bertz CT molecular complexity index is 1410. The number of amides is 2. The topological polar surface area (TPSA) is 108 Å². The molecule has 230 valence electrons. The Balaban J connectivity index is 1.14. The van der Waals surface area contributed by atoms with Crippen LogP contribution in [-0.4, -0.2) is 65.8 Å². The smallest absolute Gasteiger partial charge is 0.410 e. The van der Waals surface area contributed by atoms with Crippen LogP contribution >= 0.6 is 11.6 Å². The summed E-state index contributed by atoms with van der Waals surface area (Å²) in [5.41, 5.74) is -0.112. The van der Waals surface area contributed by atoms with Gasteiger partial charge in [-0.25, -0.2) is 9.78 Å². The number of hydrogen-bond acceptors (Lipinski definition) is 7. The van der Waals surface area contributed by atoms with Crippen LogP contribution in [0, 0.1) is 27.6 Å². The van der Waals surface area contributed by atoms with Gasteiger partial charge in [-0.1, -0.05) is 39.3 Å². The van der Waals surface area contributed by atoms with Crippen LogP contribution in [0.15, 0.2) is 36.5 Å². The molecule has 2 saturated heterocycles. The van der Waals surface area contributed by atoms with Crippen LogP contribution in [0.3, 0.4) is 0 Å². The van der Waals surface area contributed by atoms with E-state index in [1.807, 2.05) is 32.9 Å². The molecule has 0 unspecified atom stereocenters.